The fourth-order valence-corrected chi connectivity index (χ4v) is 2.19. The van der Waals surface area contributed by atoms with Crippen LogP contribution in [0.4, 0.5) is 0 Å². The average molecular weight is 342 g/mol. The summed E-state index contributed by atoms with van der Waals surface area (Å²) in [5, 5.41) is 9.89. The Kier molecular flexibility index (Phi) is 6.57. The van der Waals surface area contributed by atoms with Crippen LogP contribution in [0.5, 0.6) is 17.2 Å². The van der Waals surface area contributed by atoms with Gasteiger partial charge in [-0.3, -0.25) is 4.79 Å². The lowest BCUT2D eigenvalue weighted by Crippen LogP contribution is -2.09. The number of aromatic hydroxyl groups is 1. The molecule has 0 bridgehead atoms. The highest BCUT2D eigenvalue weighted by Gasteiger charge is 2.13. The summed E-state index contributed by atoms with van der Waals surface area (Å²) in [4.78, 5) is 23.8. The molecule has 0 atom stereocenters. The van der Waals surface area contributed by atoms with E-state index in [-0.39, 0.29) is 22.8 Å². The van der Waals surface area contributed by atoms with Gasteiger partial charge in [-0.05, 0) is 42.8 Å². The highest BCUT2D eigenvalue weighted by atomic mass is 16.5. The van der Waals surface area contributed by atoms with Crippen LogP contribution in [0.25, 0.3) is 0 Å². The van der Waals surface area contributed by atoms with E-state index >= 15 is 0 Å². The van der Waals surface area contributed by atoms with Crippen molar-refractivity contribution in [3.8, 4) is 17.2 Å². The van der Waals surface area contributed by atoms with Gasteiger partial charge in [0.15, 0.2) is 5.78 Å². The molecule has 25 heavy (non-hydrogen) atoms. The van der Waals surface area contributed by atoms with Crippen molar-refractivity contribution in [1.82, 2.24) is 0 Å². The molecular weight excluding hydrogens is 320 g/mol. The number of unbranched alkanes of at least 4 members (excludes halogenated alkanes) is 1. The van der Waals surface area contributed by atoms with Gasteiger partial charge in [-0.25, -0.2) is 4.79 Å². The molecule has 0 unspecified atom stereocenters. The van der Waals surface area contributed by atoms with Crippen LogP contribution in [-0.2, 0) is 0 Å². The Morgan fingerprint density at radius 3 is 2.28 bits per heavy atom. The first-order chi connectivity index (χ1) is 12.0. The van der Waals surface area contributed by atoms with Gasteiger partial charge in [-0.15, -0.1) is 0 Å². The zero-order valence-electron chi connectivity index (χ0n) is 14.5. The first kappa shape index (κ1) is 18.5. The summed E-state index contributed by atoms with van der Waals surface area (Å²) in [6.07, 6.45) is 2.32. The van der Waals surface area contributed by atoms with Crippen molar-refractivity contribution in [2.24, 2.45) is 0 Å². The maximum absolute atomic E-state index is 12.2. The molecule has 0 fully saturated rings. The Hall–Kier alpha value is -2.82. The summed E-state index contributed by atoms with van der Waals surface area (Å²) in [7, 11) is 0. The highest BCUT2D eigenvalue weighted by molar-refractivity contribution is 5.98. The largest absolute Gasteiger partial charge is 0.507 e. The van der Waals surface area contributed by atoms with Crippen LogP contribution >= 0.6 is 0 Å². The molecule has 0 heterocycles. The third kappa shape index (κ3) is 5.08. The number of hydrogen-bond acceptors (Lipinski definition) is 5. The number of hydrogen-bond donors (Lipinski definition) is 1. The van der Waals surface area contributed by atoms with E-state index < -0.39 is 5.97 Å². The fraction of sp³-hybridized carbons (Fsp3) is 0.300. The van der Waals surface area contributed by atoms with Crippen LogP contribution in [0.15, 0.2) is 42.5 Å². The molecule has 0 aliphatic rings. The number of carbonyl (C=O) groups excluding carboxylic acids is 2. The maximum Gasteiger partial charge on any atom is 0.343 e. The predicted octanol–water partition coefficient (Wildman–Crippen LogP) is 4.38. The van der Waals surface area contributed by atoms with Crippen molar-refractivity contribution >= 4 is 11.8 Å². The number of benzene rings is 2. The van der Waals surface area contributed by atoms with Gasteiger partial charge in [0.05, 0.1) is 17.7 Å². The number of rotatable bonds is 8. The number of phenolic OH excluding ortho intramolecular Hbond substituents is 1. The molecule has 0 aliphatic heterocycles. The molecule has 0 spiro atoms. The van der Waals surface area contributed by atoms with Gasteiger partial charge in [0.2, 0.25) is 0 Å². The molecule has 0 saturated heterocycles. The predicted molar refractivity (Wildman–Crippen MR) is 94.5 cm³/mol. The Morgan fingerprint density at radius 2 is 1.68 bits per heavy atom. The number of Topliss-reactive ketones (excluding diaryl/α,β-unsaturated/α-hetero) is 1. The lowest BCUT2D eigenvalue weighted by atomic mass is 10.1. The number of carbonyl (C=O) groups is 2. The first-order valence-electron chi connectivity index (χ1n) is 8.36. The van der Waals surface area contributed by atoms with E-state index in [1.807, 2.05) is 0 Å². The summed E-state index contributed by atoms with van der Waals surface area (Å²) in [5.74, 6) is -0.0385. The summed E-state index contributed by atoms with van der Waals surface area (Å²) in [6, 6.07) is 10.9. The van der Waals surface area contributed by atoms with E-state index in [1.54, 1.807) is 31.2 Å². The van der Waals surface area contributed by atoms with E-state index in [9.17, 15) is 14.7 Å². The summed E-state index contributed by atoms with van der Waals surface area (Å²) < 4.78 is 10.8. The Labute approximate surface area is 147 Å². The van der Waals surface area contributed by atoms with Crippen LogP contribution in [0.2, 0.25) is 0 Å². The molecule has 2 rings (SSSR count). The molecule has 0 aliphatic carbocycles. The topological polar surface area (TPSA) is 72.8 Å². The zero-order valence-corrected chi connectivity index (χ0v) is 14.5. The molecule has 0 amide bonds. The van der Waals surface area contributed by atoms with Gasteiger partial charge in [0.1, 0.15) is 17.2 Å². The van der Waals surface area contributed by atoms with Gasteiger partial charge in [0, 0.05) is 12.5 Å². The van der Waals surface area contributed by atoms with Crippen LogP contribution in [0.1, 0.15) is 53.8 Å². The monoisotopic (exact) mass is 342 g/mol. The van der Waals surface area contributed by atoms with E-state index in [0.29, 0.717) is 24.3 Å². The van der Waals surface area contributed by atoms with Crippen LogP contribution in [-0.4, -0.2) is 23.5 Å². The molecule has 132 valence electrons. The number of ketones is 1. The second-order valence-electron chi connectivity index (χ2n) is 5.57. The number of ether oxygens (including phenoxy) is 2. The van der Waals surface area contributed by atoms with Crippen LogP contribution in [0, 0.1) is 0 Å². The van der Waals surface area contributed by atoms with E-state index in [0.717, 1.165) is 12.8 Å². The molecule has 1 N–H and O–H groups in total. The molecule has 0 saturated carbocycles. The minimum absolute atomic E-state index is 0.172. The van der Waals surface area contributed by atoms with Crippen molar-refractivity contribution in [1.29, 1.82) is 0 Å². The smallest absolute Gasteiger partial charge is 0.343 e. The minimum Gasteiger partial charge on any atom is -0.507 e. The Bertz CT molecular complexity index is 734. The fourth-order valence-electron chi connectivity index (χ4n) is 2.19. The normalized spacial score (nSPS) is 10.3. The Morgan fingerprint density at radius 1 is 1.00 bits per heavy atom. The lowest BCUT2D eigenvalue weighted by Gasteiger charge is -2.08. The molecule has 5 heteroatoms. The Balaban J connectivity index is 2.02. The van der Waals surface area contributed by atoms with Crippen LogP contribution in [0.3, 0.4) is 0 Å². The van der Waals surface area contributed by atoms with Gasteiger partial charge in [-0.1, -0.05) is 20.3 Å². The lowest BCUT2D eigenvalue weighted by molar-refractivity contribution is 0.0734. The molecule has 0 aromatic heterocycles. The maximum atomic E-state index is 12.2. The second-order valence-corrected chi connectivity index (χ2v) is 5.57. The molecule has 5 nitrogen and oxygen atoms in total. The summed E-state index contributed by atoms with van der Waals surface area (Å²) in [5.41, 5.74) is 0.590. The first-order valence-corrected chi connectivity index (χ1v) is 8.36. The standard InChI is InChI=1S/C20H22O5/c1-3-5-12-24-15-8-6-14(7-9-15)20(23)25-16-10-11-17(18(21)4-2)19(22)13-16/h6-11,13,22H,3-5,12H2,1-2H3. The van der Waals surface area contributed by atoms with Gasteiger partial charge in [0.25, 0.3) is 0 Å². The van der Waals surface area contributed by atoms with E-state index in [4.69, 9.17) is 9.47 Å². The molecule has 2 aromatic carbocycles. The number of esters is 1. The molecule has 0 radical (unpaired) electrons. The summed E-state index contributed by atoms with van der Waals surface area (Å²) >= 11 is 0. The average Bonchev–Trinajstić information content (AvgIpc) is 2.62. The van der Waals surface area contributed by atoms with Gasteiger partial charge >= 0.3 is 5.97 Å². The number of phenols is 1. The van der Waals surface area contributed by atoms with Crippen molar-refractivity contribution < 1.29 is 24.2 Å². The molecular formula is C20H22O5. The van der Waals surface area contributed by atoms with E-state index in [1.165, 1.54) is 18.2 Å². The summed E-state index contributed by atoms with van der Waals surface area (Å²) in [6.45, 7) is 4.44. The van der Waals surface area contributed by atoms with Gasteiger partial charge in [-0.2, -0.15) is 0 Å². The minimum atomic E-state index is -0.547. The van der Waals surface area contributed by atoms with E-state index in [2.05, 4.69) is 6.92 Å². The third-order valence-electron chi connectivity index (χ3n) is 3.66. The van der Waals surface area contributed by atoms with Crippen LogP contribution < -0.4 is 9.47 Å². The SMILES string of the molecule is CCCCOc1ccc(C(=O)Oc2ccc(C(=O)CC)c(O)c2)cc1. The van der Waals surface area contributed by atoms with Crippen molar-refractivity contribution in [2.75, 3.05) is 6.61 Å². The molecule has 2 aromatic rings. The quantitative estimate of drug-likeness (QED) is 0.333. The van der Waals surface area contributed by atoms with Crippen molar-refractivity contribution in [2.45, 2.75) is 33.1 Å². The van der Waals surface area contributed by atoms with Crippen molar-refractivity contribution in [3.05, 3.63) is 53.6 Å². The highest BCUT2D eigenvalue weighted by Crippen LogP contribution is 2.25. The second kappa shape index (κ2) is 8.87. The zero-order chi connectivity index (χ0) is 18.2. The van der Waals surface area contributed by atoms with Crippen molar-refractivity contribution in [3.63, 3.8) is 0 Å². The van der Waals surface area contributed by atoms with Gasteiger partial charge < -0.3 is 14.6 Å². The third-order valence-corrected chi connectivity index (χ3v) is 3.66.